The maximum atomic E-state index is 13.7. The minimum Gasteiger partial charge on any atom is -0.492 e. The van der Waals surface area contributed by atoms with Crippen LogP contribution in [0, 0.1) is 29.1 Å². The van der Waals surface area contributed by atoms with Crippen LogP contribution in [0.5, 0.6) is 5.75 Å². The standard InChI is InChI=1S/C26H39BrN2O5/c1-6-33-24-16(8-7-9-19(24)27)12-29-23(22(15(3)31)21(13-30)34-29)25(32)28-20-11-17-10-18(14(20)2)26(17,4)5/h7-9,14-15,17-18,20-23,30-31H,6,10-13H2,1-5H3,(H,28,32)/t14-,15-,17+,18-,20-,21-,22+,23-/m0/s1. The lowest BCUT2D eigenvalue weighted by Crippen LogP contribution is -2.62. The summed E-state index contributed by atoms with van der Waals surface area (Å²) < 4.78 is 6.67. The van der Waals surface area contributed by atoms with Gasteiger partial charge in [0.05, 0.1) is 30.3 Å². The SMILES string of the molecule is CCOc1c(Br)cccc1CN1O[C@@H](CO)[C@@H]([C@H](C)O)[C@H]1C(=O)N[C@H]1C[C@H]2C[C@@H]([C@@H]1C)C2(C)C. The second-order valence-corrected chi connectivity index (χ2v) is 11.8. The maximum Gasteiger partial charge on any atom is 0.240 e. The van der Waals surface area contributed by atoms with E-state index in [-0.39, 0.29) is 18.6 Å². The number of aliphatic hydroxyl groups is 2. The summed E-state index contributed by atoms with van der Waals surface area (Å²) >= 11 is 3.55. The first-order chi connectivity index (χ1) is 16.1. The minimum absolute atomic E-state index is 0.110. The molecule has 34 heavy (non-hydrogen) atoms. The van der Waals surface area contributed by atoms with Crippen molar-refractivity contribution in [2.75, 3.05) is 13.2 Å². The number of hydrogen-bond donors (Lipinski definition) is 3. The predicted octanol–water partition coefficient (Wildman–Crippen LogP) is 3.51. The molecule has 1 aliphatic heterocycles. The van der Waals surface area contributed by atoms with E-state index < -0.39 is 24.2 Å². The lowest BCUT2D eigenvalue weighted by molar-refractivity contribution is -0.183. The molecule has 1 saturated heterocycles. The number of nitrogens with zero attached hydrogens (tertiary/aromatic N) is 1. The van der Waals surface area contributed by atoms with Crippen molar-refractivity contribution in [1.82, 2.24) is 10.4 Å². The van der Waals surface area contributed by atoms with E-state index in [9.17, 15) is 15.0 Å². The summed E-state index contributed by atoms with van der Waals surface area (Å²) in [6, 6.07) is 5.16. The third kappa shape index (κ3) is 4.52. The Kier molecular flexibility index (Phi) is 7.65. The van der Waals surface area contributed by atoms with Crippen LogP contribution in [-0.2, 0) is 16.2 Å². The summed E-state index contributed by atoms with van der Waals surface area (Å²) in [6.45, 7) is 11.0. The van der Waals surface area contributed by atoms with Crippen LogP contribution in [0.1, 0.15) is 53.0 Å². The van der Waals surface area contributed by atoms with E-state index in [1.807, 2.05) is 25.1 Å². The highest BCUT2D eigenvalue weighted by molar-refractivity contribution is 9.10. The number of carbonyl (C=O) groups is 1. The number of benzene rings is 1. The molecule has 1 aromatic carbocycles. The third-order valence-corrected chi connectivity index (χ3v) is 9.35. The molecule has 5 rings (SSSR count). The molecule has 1 aromatic rings. The first-order valence-corrected chi connectivity index (χ1v) is 13.3. The van der Waals surface area contributed by atoms with Crippen molar-refractivity contribution in [3.05, 3.63) is 28.2 Å². The number of rotatable bonds is 8. The summed E-state index contributed by atoms with van der Waals surface area (Å²) in [4.78, 5) is 19.8. The number of ether oxygens (including phenoxy) is 1. The van der Waals surface area contributed by atoms with Gasteiger partial charge in [-0.05, 0) is 71.9 Å². The van der Waals surface area contributed by atoms with Gasteiger partial charge in [-0.3, -0.25) is 9.63 Å². The number of para-hydroxylation sites is 1. The number of nitrogens with one attached hydrogen (secondary N) is 1. The fraction of sp³-hybridized carbons (Fsp3) is 0.731. The van der Waals surface area contributed by atoms with Crippen molar-refractivity contribution >= 4 is 21.8 Å². The quantitative estimate of drug-likeness (QED) is 0.469. The fourth-order valence-corrected chi connectivity index (χ4v) is 7.16. The Morgan fingerprint density at radius 3 is 2.71 bits per heavy atom. The van der Waals surface area contributed by atoms with E-state index in [0.717, 1.165) is 16.5 Å². The van der Waals surface area contributed by atoms with E-state index in [2.05, 4.69) is 42.0 Å². The molecule has 1 amide bonds. The molecular weight excluding hydrogens is 500 g/mol. The van der Waals surface area contributed by atoms with Crippen molar-refractivity contribution in [3.63, 3.8) is 0 Å². The highest BCUT2D eigenvalue weighted by Crippen LogP contribution is 2.61. The van der Waals surface area contributed by atoms with Crippen LogP contribution < -0.4 is 10.1 Å². The number of hydrogen-bond acceptors (Lipinski definition) is 6. The monoisotopic (exact) mass is 538 g/mol. The molecule has 0 unspecified atom stereocenters. The number of fused-ring (bicyclic) bond motifs is 2. The maximum absolute atomic E-state index is 13.7. The molecule has 1 heterocycles. The summed E-state index contributed by atoms with van der Waals surface area (Å²) in [6.07, 6.45) is 0.746. The Hall–Kier alpha value is -1.19. The molecular formula is C26H39BrN2O5. The molecule has 4 aliphatic rings. The lowest BCUT2D eigenvalue weighted by Gasteiger charge is -2.62. The molecule has 190 valence electrons. The second kappa shape index (κ2) is 10.1. The van der Waals surface area contributed by atoms with E-state index in [0.29, 0.717) is 42.1 Å². The summed E-state index contributed by atoms with van der Waals surface area (Å²) in [5, 5.41) is 25.5. The molecule has 7 nitrogen and oxygen atoms in total. The van der Waals surface area contributed by atoms with Crippen LogP contribution in [-0.4, -0.2) is 58.7 Å². The third-order valence-electron chi connectivity index (χ3n) is 8.73. The van der Waals surface area contributed by atoms with E-state index in [1.165, 1.54) is 6.42 Å². The predicted molar refractivity (Wildman–Crippen MR) is 133 cm³/mol. The first kappa shape index (κ1) is 25.9. The second-order valence-electron chi connectivity index (χ2n) is 10.9. The molecule has 2 bridgehead atoms. The summed E-state index contributed by atoms with van der Waals surface area (Å²) in [7, 11) is 0. The number of aliphatic hydroxyl groups excluding tert-OH is 2. The van der Waals surface area contributed by atoms with Gasteiger partial charge in [-0.2, -0.15) is 5.06 Å². The van der Waals surface area contributed by atoms with Gasteiger partial charge in [0.2, 0.25) is 5.91 Å². The van der Waals surface area contributed by atoms with Crippen molar-refractivity contribution in [1.29, 1.82) is 0 Å². The first-order valence-electron chi connectivity index (χ1n) is 12.5. The Labute approximate surface area is 211 Å². The number of halogens is 1. The van der Waals surface area contributed by atoms with Crippen molar-refractivity contribution < 1.29 is 24.6 Å². The largest absolute Gasteiger partial charge is 0.492 e. The Morgan fingerprint density at radius 1 is 1.38 bits per heavy atom. The smallest absolute Gasteiger partial charge is 0.240 e. The van der Waals surface area contributed by atoms with E-state index in [1.54, 1.807) is 12.0 Å². The van der Waals surface area contributed by atoms with Gasteiger partial charge in [0.15, 0.2) is 0 Å². The van der Waals surface area contributed by atoms with E-state index >= 15 is 0 Å². The molecule has 0 spiro atoms. The van der Waals surface area contributed by atoms with Crippen LogP contribution in [0.15, 0.2) is 22.7 Å². The van der Waals surface area contributed by atoms with Gasteiger partial charge in [0.1, 0.15) is 17.9 Å². The van der Waals surface area contributed by atoms with Crippen LogP contribution in [0.3, 0.4) is 0 Å². The number of amides is 1. The highest BCUT2D eigenvalue weighted by Gasteiger charge is 2.57. The van der Waals surface area contributed by atoms with Gasteiger partial charge in [-0.15, -0.1) is 0 Å². The van der Waals surface area contributed by atoms with Crippen molar-refractivity contribution in [3.8, 4) is 5.75 Å². The van der Waals surface area contributed by atoms with Gasteiger partial charge in [-0.1, -0.05) is 32.9 Å². The lowest BCUT2D eigenvalue weighted by atomic mass is 9.45. The zero-order valence-corrected chi connectivity index (χ0v) is 22.4. The Bertz CT molecular complexity index is 894. The molecule has 8 heteroatoms. The minimum atomic E-state index is -0.817. The Balaban J connectivity index is 1.57. The molecule has 0 radical (unpaired) electrons. The van der Waals surface area contributed by atoms with Gasteiger partial charge < -0.3 is 20.3 Å². The molecule has 4 fully saturated rings. The Morgan fingerprint density at radius 2 is 2.12 bits per heavy atom. The van der Waals surface area contributed by atoms with Crippen LogP contribution in [0.25, 0.3) is 0 Å². The molecule has 3 N–H and O–H groups in total. The summed E-state index contributed by atoms with van der Waals surface area (Å²) in [5.41, 5.74) is 1.20. The van der Waals surface area contributed by atoms with Gasteiger partial charge in [0, 0.05) is 17.5 Å². The van der Waals surface area contributed by atoms with Crippen LogP contribution in [0.2, 0.25) is 0 Å². The molecule has 8 atom stereocenters. The van der Waals surface area contributed by atoms with Gasteiger partial charge in [0.25, 0.3) is 0 Å². The molecule has 3 saturated carbocycles. The normalized spacial score (nSPS) is 35.5. The van der Waals surface area contributed by atoms with Crippen molar-refractivity contribution in [2.24, 2.45) is 29.1 Å². The van der Waals surface area contributed by atoms with Gasteiger partial charge in [-0.25, -0.2) is 0 Å². The fourth-order valence-electron chi connectivity index (χ4n) is 6.64. The van der Waals surface area contributed by atoms with E-state index in [4.69, 9.17) is 9.57 Å². The van der Waals surface area contributed by atoms with Crippen LogP contribution in [0.4, 0.5) is 0 Å². The van der Waals surface area contributed by atoms with Crippen molar-refractivity contribution in [2.45, 2.75) is 78.3 Å². The number of hydroxylamine groups is 2. The van der Waals surface area contributed by atoms with Gasteiger partial charge >= 0.3 is 0 Å². The summed E-state index contributed by atoms with van der Waals surface area (Å²) in [5.74, 6) is 1.65. The molecule has 3 aliphatic carbocycles. The highest BCUT2D eigenvalue weighted by atomic mass is 79.9. The topological polar surface area (TPSA) is 91.3 Å². The average Bonchev–Trinajstić information content (AvgIpc) is 3.15. The zero-order chi connectivity index (χ0) is 24.8. The molecule has 0 aromatic heterocycles. The van der Waals surface area contributed by atoms with Crippen LogP contribution >= 0.6 is 15.9 Å². The number of carbonyl (C=O) groups excluding carboxylic acids is 1. The zero-order valence-electron chi connectivity index (χ0n) is 20.8. The average molecular weight is 540 g/mol.